The molecule has 0 radical (unpaired) electrons. The predicted molar refractivity (Wildman–Crippen MR) is 200 cm³/mol. The summed E-state index contributed by atoms with van der Waals surface area (Å²) in [6, 6.07) is 25.6. The molecule has 242 valence electrons. The summed E-state index contributed by atoms with van der Waals surface area (Å²) in [5, 5.41) is 14.1. The largest absolute Gasteiger partial charge is 0.363 e. The summed E-state index contributed by atoms with van der Waals surface area (Å²) in [5.41, 5.74) is 22.8. The number of azo groups is 1. The van der Waals surface area contributed by atoms with Gasteiger partial charge in [-0.3, -0.25) is 5.43 Å². The van der Waals surface area contributed by atoms with Crippen LogP contribution in [0.4, 0.5) is 37.9 Å². The number of benzene rings is 3. The minimum absolute atomic E-state index is 0.658. The van der Waals surface area contributed by atoms with Crippen molar-refractivity contribution in [1.29, 1.82) is 0 Å². The lowest BCUT2D eigenvalue weighted by Gasteiger charge is -2.21. The smallest absolute Gasteiger partial charge is 0.230 e. The molecule has 2 fully saturated rings. The van der Waals surface area contributed by atoms with Crippen molar-refractivity contribution in [3.63, 3.8) is 0 Å². The van der Waals surface area contributed by atoms with Gasteiger partial charge in [0.05, 0.1) is 33.4 Å². The van der Waals surface area contributed by atoms with E-state index in [0.29, 0.717) is 11.0 Å². The number of nitrogens with zero attached hydrogens (tertiary/aromatic N) is 4. The van der Waals surface area contributed by atoms with E-state index in [0.717, 1.165) is 63.2 Å². The fourth-order valence-electron chi connectivity index (χ4n) is 6.40. The molecular formula is C37H42N8S2. The fourth-order valence-corrected chi connectivity index (χ4v) is 7.96. The molecule has 0 amide bonds. The first-order chi connectivity index (χ1) is 23.1. The fraction of sp³-hybridized carbons (Fsp3) is 0.324. The first kappa shape index (κ1) is 31.2. The topological polar surface area (TPSA) is 89.0 Å². The Hall–Kier alpha value is -4.41. The summed E-state index contributed by atoms with van der Waals surface area (Å²) >= 11 is 3.30. The van der Waals surface area contributed by atoms with Crippen molar-refractivity contribution in [2.24, 2.45) is 10.2 Å². The molecule has 3 heterocycles. The first-order valence-corrected chi connectivity index (χ1v) is 18.3. The normalized spacial score (nSPS) is 15.3. The Balaban J connectivity index is 0.907. The third-order valence-corrected chi connectivity index (χ3v) is 10.9. The molecule has 7 rings (SSSR count). The Kier molecular flexibility index (Phi) is 9.67. The van der Waals surface area contributed by atoms with E-state index in [2.05, 4.69) is 110 Å². The molecule has 0 spiro atoms. The monoisotopic (exact) mass is 662 g/mol. The number of hydrogen-bond acceptors (Lipinski definition) is 10. The molecule has 0 bridgehead atoms. The average Bonchev–Trinajstić information content (AvgIpc) is 3.90. The molecule has 47 heavy (non-hydrogen) atoms. The van der Waals surface area contributed by atoms with E-state index < -0.39 is 0 Å². The molecule has 3 aromatic carbocycles. The van der Waals surface area contributed by atoms with Gasteiger partial charge in [0.1, 0.15) is 5.00 Å². The lowest BCUT2D eigenvalue weighted by atomic mass is 9.84. The highest BCUT2D eigenvalue weighted by Crippen LogP contribution is 2.35. The van der Waals surface area contributed by atoms with E-state index >= 15 is 0 Å². The SMILES string of the molecule is Cc1cc(NNc2ccc(NNc3ccc(N4CCCC4)s3)cc2C)ccc1/N=N/c1nc(-c2ccc(C3CCCCC3)cc2)cs1. The van der Waals surface area contributed by atoms with Gasteiger partial charge in [-0.15, -0.1) is 21.6 Å². The summed E-state index contributed by atoms with van der Waals surface area (Å²) in [4.78, 5) is 7.19. The van der Waals surface area contributed by atoms with Crippen molar-refractivity contribution < 1.29 is 0 Å². The van der Waals surface area contributed by atoms with Gasteiger partial charge in [0, 0.05) is 24.0 Å². The van der Waals surface area contributed by atoms with E-state index in [4.69, 9.17) is 4.98 Å². The van der Waals surface area contributed by atoms with E-state index in [1.54, 1.807) is 11.3 Å². The second-order valence-corrected chi connectivity index (χ2v) is 14.4. The van der Waals surface area contributed by atoms with Crippen molar-refractivity contribution in [3.8, 4) is 11.3 Å². The molecule has 1 saturated carbocycles. The maximum absolute atomic E-state index is 4.73. The number of thiazole rings is 1. The van der Waals surface area contributed by atoms with Crippen LogP contribution in [0.2, 0.25) is 0 Å². The van der Waals surface area contributed by atoms with Crippen molar-refractivity contribution in [2.75, 3.05) is 39.7 Å². The Morgan fingerprint density at radius 2 is 1.47 bits per heavy atom. The van der Waals surface area contributed by atoms with E-state index in [1.807, 2.05) is 19.1 Å². The third-order valence-electron chi connectivity index (χ3n) is 9.12. The third kappa shape index (κ3) is 7.77. The molecule has 10 heteroatoms. The van der Waals surface area contributed by atoms with Gasteiger partial charge in [0.2, 0.25) is 5.13 Å². The van der Waals surface area contributed by atoms with Crippen LogP contribution in [0.15, 0.2) is 88.4 Å². The number of aryl methyl sites for hydroxylation is 2. The van der Waals surface area contributed by atoms with Crippen LogP contribution in [0.3, 0.4) is 0 Å². The lowest BCUT2D eigenvalue weighted by molar-refractivity contribution is 0.443. The summed E-state index contributed by atoms with van der Waals surface area (Å²) in [6.45, 7) is 6.46. The van der Waals surface area contributed by atoms with Crippen LogP contribution in [0, 0.1) is 13.8 Å². The quantitative estimate of drug-likeness (QED) is 0.0831. The van der Waals surface area contributed by atoms with Crippen molar-refractivity contribution in [2.45, 2.75) is 64.7 Å². The van der Waals surface area contributed by atoms with Gasteiger partial charge in [-0.1, -0.05) is 54.9 Å². The van der Waals surface area contributed by atoms with Crippen LogP contribution >= 0.6 is 22.7 Å². The van der Waals surface area contributed by atoms with Crippen LogP contribution in [-0.4, -0.2) is 18.1 Å². The number of nitrogens with one attached hydrogen (secondary N) is 4. The van der Waals surface area contributed by atoms with Crippen LogP contribution in [0.25, 0.3) is 11.3 Å². The van der Waals surface area contributed by atoms with Crippen molar-refractivity contribution in [3.05, 3.63) is 94.9 Å². The maximum Gasteiger partial charge on any atom is 0.230 e. The van der Waals surface area contributed by atoms with Crippen LogP contribution in [0.5, 0.6) is 0 Å². The van der Waals surface area contributed by atoms with Gasteiger partial charge in [-0.2, -0.15) is 0 Å². The standard InChI is InChI=1S/C37H42N8S2/c1-25-23-31(40-43-35-18-19-36(47-35)45-20-6-7-21-45)15-16-32(25)41-39-30-14-17-33(26(2)22-30)42-44-37-38-34(24-46-37)29-12-10-28(11-13-29)27-8-4-3-5-9-27/h10-19,22-24,27,39-41,43H,3-9,20-21H2,1-2H3/b44-42+. The number of anilines is 5. The molecule has 1 aliphatic carbocycles. The maximum atomic E-state index is 4.73. The van der Waals surface area contributed by atoms with Gasteiger partial charge in [-0.25, -0.2) is 4.98 Å². The highest BCUT2D eigenvalue weighted by molar-refractivity contribution is 7.20. The van der Waals surface area contributed by atoms with Gasteiger partial charge >= 0.3 is 0 Å². The first-order valence-electron chi connectivity index (χ1n) is 16.7. The average molecular weight is 663 g/mol. The van der Waals surface area contributed by atoms with Gasteiger partial charge in [-0.05, 0) is 111 Å². The Bertz CT molecular complexity index is 1810. The Morgan fingerprint density at radius 1 is 0.723 bits per heavy atom. The number of thiophene rings is 1. The minimum atomic E-state index is 0.658. The highest BCUT2D eigenvalue weighted by atomic mass is 32.1. The van der Waals surface area contributed by atoms with Gasteiger partial charge in [0.25, 0.3) is 0 Å². The van der Waals surface area contributed by atoms with Gasteiger partial charge in [0.15, 0.2) is 0 Å². The van der Waals surface area contributed by atoms with E-state index in [1.165, 1.54) is 66.8 Å². The number of rotatable bonds is 11. The van der Waals surface area contributed by atoms with Crippen LogP contribution in [0.1, 0.15) is 67.6 Å². The molecular weight excluding hydrogens is 621 g/mol. The molecule has 1 saturated heterocycles. The zero-order chi connectivity index (χ0) is 32.0. The molecule has 1 aliphatic heterocycles. The molecule has 2 aromatic heterocycles. The molecule has 5 aromatic rings. The molecule has 0 atom stereocenters. The highest BCUT2D eigenvalue weighted by Gasteiger charge is 2.16. The molecule has 4 N–H and O–H groups in total. The summed E-state index contributed by atoms with van der Waals surface area (Å²) in [6.07, 6.45) is 9.28. The van der Waals surface area contributed by atoms with Gasteiger partial charge < -0.3 is 21.2 Å². The van der Waals surface area contributed by atoms with Crippen molar-refractivity contribution >= 4 is 60.6 Å². The van der Waals surface area contributed by atoms with E-state index in [9.17, 15) is 0 Å². The Labute approximate surface area is 285 Å². The number of aromatic nitrogens is 1. The number of hydrogen-bond donors (Lipinski definition) is 4. The lowest BCUT2D eigenvalue weighted by Crippen LogP contribution is -2.15. The number of hydrazine groups is 2. The molecule has 2 aliphatic rings. The van der Waals surface area contributed by atoms with E-state index in [-0.39, 0.29) is 0 Å². The van der Waals surface area contributed by atoms with Crippen LogP contribution in [-0.2, 0) is 0 Å². The summed E-state index contributed by atoms with van der Waals surface area (Å²) < 4.78 is 0. The zero-order valence-corrected chi connectivity index (χ0v) is 28.7. The zero-order valence-electron chi connectivity index (χ0n) is 27.1. The molecule has 0 unspecified atom stereocenters. The van der Waals surface area contributed by atoms with Crippen molar-refractivity contribution in [1.82, 2.24) is 4.98 Å². The predicted octanol–water partition coefficient (Wildman–Crippen LogP) is 11.4. The Morgan fingerprint density at radius 3 is 2.23 bits per heavy atom. The summed E-state index contributed by atoms with van der Waals surface area (Å²) in [7, 11) is 0. The molecule has 8 nitrogen and oxygen atoms in total. The van der Waals surface area contributed by atoms with Crippen LogP contribution < -0.4 is 26.6 Å². The minimum Gasteiger partial charge on any atom is -0.363 e. The second kappa shape index (κ2) is 14.6. The second-order valence-electron chi connectivity index (χ2n) is 12.5. The summed E-state index contributed by atoms with van der Waals surface area (Å²) in [5.74, 6) is 0.712.